The lowest BCUT2D eigenvalue weighted by atomic mass is 9.85. The van der Waals surface area contributed by atoms with Crippen LogP contribution in [0.25, 0.3) is 0 Å². The predicted octanol–water partition coefficient (Wildman–Crippen LogP) is 3.81. The molecular weight excluding hydrogens is 282 g/mol. The number of ketones is 1. The Labute approximate surface area is 130 Å². The second-order valence-electron chi connectivity index (χ2n) is 5.75. The van der Waals surface area contributed by atoms with E-state index in [0.717, 1.165) is 22.8 Å². The zero-order valence-electron chi connectivity index (χ0n) is 12.3. The maximum Gasteiger partial charge on any atom is 0.227 e. The zero-order valence-corrected chi connectivity index (χ0v) is 13.2. The maximum absolute atomic E-state index is 12.2. The summed E-state index contributed by atoms with van der Waals surface area (Å²) in [7, 11) is 0. The van der Waals surface area contributed by atoms with Crippen molar-refractivity contribution in [2.45, 2.75) is 49.8 Å². The summed E-state index contributed by atoms with van der Waals surface area (Å²) < 4.78 is 0. The summed E-state index contributed by atoms with van der Waals surface area (Å²) in [4.78, 5) is 23.9. The van der Waals surface area contributed by atoms with E-state index in [-0.39, 0.29) is 17.4 Å². The molecule has 1 aliphatic carbocycles. The number of carbonyl (C=O) groups is 2. The molecule has 1 saturated carbocycles. The van der Waals surface area contributed by atoms with Gasteiger partial charge >= 0.3 is 0 Å². The molecule has 2 N–H and O–H groups in total. The number of benzene rings is 1. The van der Waals surface area contributed by atoms with Gasteiger partial charge in [-0.2, -0.15) is 0 Å². The van der Waals surface area contributed by atoms with Crippen LogP contribution < -0.4 is 5.73 Å². The molecule has 1 amide bonds. The molecule has 0 atom stereocenters. The summed E-state index contributed by atoms with van der Waals surface area (Å²) in [6, 6.07) is 7.49. The van der Waals surface area contributed by atoms with E-state index in [4.69, 9.17) is 5.73 Å². The first-order valence-electron chi connectivity index (χ1n) is 7.69. The van der Waals surface area contributed by atoms with Gasteiger partial charge in [0.25, 0.3) is 0 Å². The number of hydrogen-bond acceptors (Lipinski definition) is 3. The van der Waals surface area contributed by atoms with Crippen LogP contribution >= 0.6 is 11.8 Å². The SMILES string of the molecule is NC(=O)CSc1ccc(C(=O)CCC2CCCCC2)cc1. The molecule has 1 aliphatic rings. The molecule has 0 heterocycles. The largest absolute Gasteiger partial charge is 0.369 e. The lowest BCUT2D eigenvalue weighted by Crippen LogP contribution is -2.12. The molecular formula is C17H23NO2S. The van der Waals surface area contributed by atoms with Crippen molar-refractivity contribution in [2.75, 3.05) is 5.75 Å². The molecule has 2 rings (SSSR count). The van der Waals surface area contributed by atoms with Crippen molar-refractivity contribution in [3.8, 4) is 0 Å². The second-order valence-corrected chi connectivity index (χ2v) is 6.79. The van der Waals surface area contributed by atoms with E-state index in [1.807, 2.05) is 24.3 Å². The van der Waals surface area contributed by atoms with Crippen molar-refractivity contribution in [1.82, 2.24) is 0 Å². The number of hydrogen-bond donors (Lipinski definition) is 1. The van der Waals surface area contributed by atoms with Gasteiger partial charge in [-0.15, -0.1) is 11.8 Å². The number of primary amides is 1. The van der Waals surface area contributed by atoms with Crippen LogP contribution in [0, 0.1) is 5.92 Å². The number of amides is 1. The third kappa shape index (κ3) is 5.54. The van der Waals surface area contributed by atoms with Crippen LogP contribution in [0.4, 0.5) is 0 Å². The molecule has 1 aromatic carbocycles. The maximum atomic E-state index is 12.2. The second kappa shape index (κ2) is 8.23. The number of nitrogens with two attached hydrogens (primary N) is 1. The Hall–Kier alpha value is -1.29. The van der Waals surface area contributed by atoms with Crippen LogP contribution in [-0.2, 0) is 4.79 Å². The van der Waals surface area contributed by atoms with E-state index >= 15 is 0 Å². The van der Waals surface area contributed by atoms with Crippen molar-refractivity contribution >= 4 is 23.5 Å². The third-order valence-corrected chi connectivity index (χ3v) is 5.10. The lowest BCUT2D eigenvalue weighted by Gasteiger charge is -2.20. The molecule has 1 fully saturated rings. The normalized spacial score (nSPS) is 15.8. The Kier molecular flexibility index (Phi) is 6.30. The minimum Gasteiger partial charge on any atom is -0.369 e. The summed E-state index contributed by atoms with van der Waals surface area (Å²) >= 11 is 1.40. The fourth-order valence-corrected chi connectivity index (χ4v) is 3.48. The quantitative estimate of drug-likeness (QED) is 0.615. The van der Waals surface area contributed by atoms with Gasteiger partial charge in [-0.3, -0.25) is 9.59 Å². The van der Waals surface area contributed by atoms with Gasteiger partial charge in [0, 0.05) is 16.9 Å². The van der Waals surface area contributed by atoms with Gasteiger partial charge in [-0.25, -0.2) is 0 Å². The minimum atomic E-state index is -0.326. The highest BCUT2D eigenvalue weighted by Gasteiger charge is 2.15. The number of Topliss-reactive ketones (excluding diaryl/α,β-unsaturated/α-hetero) is 1. The average molecular weight is 305 g/mol. The van der Waals surface area contributed by atoms with E-state index in [1.165, 1.54) is 43.9 Å². The molecule has 0 aromatic heterocycles. The zero-order chi connectivity index (χ0) is 15.1. The third-order valence-electron chi connectivity index (χ3n) is 4.06. The number of carbonyl (C=O) groups excluding carboxylic acids is 2. The van der Waals surface area contributed by atoms with Crippen molar-refractivity contribution in [3.05, 3.63) is 29.8 Å². The highest BCUT2D eigenvalue weighted by atomic mass is 32.2. The van der Waals surface area contributed by atoms with E-state index < -0.39 is 0 Å². The smallest absolute Gasteiger partial charge is 0.227 e. The van der Waals surface area contributed by atoms with E-state index in [1.54, 1.807) is 0 Å². The Balaban J connectivity index is 1.80. The Morgan fingerprint density at radius 3 is 2.38 bits per heavy atom. The Bertz CT molecular complexity index is 478. The van der Waals surface area contributed by atoms with Crippen LogP contribution in [0.1, 0.15) is 55.3 Å². The predicted molar refractivity (Wildman–Crippen MR) is 86.5 cm³/mol. The van der Waals surface area contributed by atoms with Crippen molar-refractivity contribution in [2.24, 2.45) is 11.7 Å². The molecule has 0 unspecified atom stereocenters. The molecule has 1 aromatic rings. The van der Waals surface area contributed by atoms with Crippen LogP contribution in [0.2, 0.25) is 0 Å². The van der Waals surface area contributed by atoms with E-state index in [2.05, 4.69) is 0 Å². The van der Waals surface area contributed by atoms with E-state index in [0.29, 0.717) is 6.42 Å². The van der Waals surface area contributed by atoms with Gasteiger partial charge in [0.2, 0.25) is 5.91 Å². The van der Waals surface area contributed by atoms with Crippen LogP contribution in [0.15, 0.2) is 29.2 Å². The Morgan fingerprint density at radius 2 is 1.76 bits per heavy atom. The van der Waals surface area contributed by atoms with Crippen LogP contribution in [0.3, 0.4) is 0 Å². The fourth-order valence-electron chi connectivity index (χ4n) is 2.85. The topological polar surface area (TPSA) is 60.2 Å². The summed E-state index contributed by atoms with van der Waals surface area (Å²) in [6.45, 7) is 0. The standard InChI is InChI=1S/C17H23NO2S/c18-17(20)12-21-15-9-7-14(8-10-15)16(19)11-6-13-4-2-1-3-5-13/h7-10,13H,1-6,11-12H2,(H2,18,20). The van der Waals surface area contributed by atoms with Crippen molar-refractivity contribution in [3.63, 3.8) is 0 Å². The molecule has 3 nitrogen and oxygen atoms in total. The fraction of sp³-hybridized carbons (Fsp3) is 0.529. The first-order chi connectivity index (χ1) is 10.1. The van der Waals surface area contributed by atoms with Gasteiger partial charge in [-0.05, 0) is 24.5 Å². The summed E-state index contributed by atoms with van der Waals surface area (Å²) in [6.07, 6.45) is 8.26. The van der Waals surface area contributed by atoms with Gasteiger partial charge in [0.05, 0.1) is 5.75 Å². The summed E-state index contributed by atoms with van der Waals surface area (Å²) in [5.74, 6) is 0.919. The highest BCUT2D eigenvalue weighted by molar-refractivity contribution is 8.00. The molecule has 4 heteroatoms. The van der Waals surface area contributed by atoms with Gasteiger partial charge < -0.3 is 5.73 Å². The van der Waals surface area contributed by atoms with E-state index in [9.17, 15) is 9.59 Å². The number of thioether (sulfide) groups is 1. The molecule has 21 heavy (non-hydrogen) atoms. The molecule has 0 saturated heterocycles. The first-order valence-corrected chi connectivity index (χ1v) is 8.68. The lowest BCUT2D eigenvalue weighted by molar-refractivity contribution is -0.115. The van der Waals surface area contributed by atoms with Crippen LogP contribution in [-0.4, -0.2) is 17.4 Å². The molecule has 0 radical (unpaired) electrons. The van der Waals surface area contributed by atoms with Crippen LogP contribution in [0.5, 0.6) is 0 Å². The molecule has 0 aliphatic heterocycles. The van der Waals surface area contributed by atoms with Crippen molar-refractivity contribution in [1.29, 1.82) is 0 Å². The van der Waals surface area contributed by atoms with Gasteiger partial charge in [0.1, 0.15) is 0 Å². The first kappa shape index (κ1) is 16.1. The minimum absolute atomic E-state index is 0.229. The van der Waals surface area contributed by atoms with Gasteiger partial charge in [0.15, 0.2) is 5.78 Å². The molecule has 114 valence electrons. The van der Waals surface area contributed by atoms with Crippen molar-refractivity contribution < 1.29 is 9.59 Å². The van der Waals surface area contributed by atoms with Gasteiger partial charge in [-0.1, -0.05) is 44.2 Å². The monoisotopic (exact) mass is 305 g/mol. The summed E-state index contributed by atoms with van der Waals surface area (Å²) in [5.41, 5.74) is 5.89. The highest BCUT2D eigenvalue weighted by Crippen LogP contribution is 2.28. The molecule has 0 spiro atoms. The number of rotatable bonds is 7. The Morgan fingerprint density at radius 1 is 1.10 bits per heavy atom. The molecule has 0 bridgehead atoms. The summed E-state index contributed by atoms with van der Waals surface area (Å²) in [5, 5.41) is 0. The average Bonchev–Trinajstić information content (AvgIpc) is 2.52.